The second kappa shape index (κ2) is 10.4. The van der Waals surface area contributed by atoms with Gasteiger partial charge >= 0.3 is 12.1 Å². The number of carboxylic acids is 1. The Morgan fingerprint density at radius 3 is 2.26 bits per heavy atom. The summed E-state index contributed by atoms with van der Waals surface area (Å²) in [6.07, 6.45) is -0.515. The van der Waals surface area contributed by atoms with E-state index in [0.717, 1.165) is 22.3 Å². The number of nitrogens with zero attached hydrogens (tertiary/aromatic N) is 1. The van der Waals surface area contributed by atoms with Crippen LogP contribution in [0, 0.1) is 0 Å². The van der Waals surface area contributed by atoms with Crippen LogP contribution in [0.4, 0.5) is 4.79 Å². The number of carbonyl (C=O) groups is 3. The van der Waals surface area contributed by atoms with E-state index in [1.165, 1.54) is 25.3 Å². The first-order valence-corrected chi connectivity index (χ1v) is 11.1. The molecule has 2 atom stereocenters. The smallest absolute Gasteiger partial charge is 0.407 e. The molecule has 35 heavy (non-hydrogen) atoms. The van der Waals surface area contributed by atoms with Crippen molar-refractivity contribution in [3.63, 3.8) is 0 Å². The monoisotopic (exact) mass is 475 g/mol. The van der Waals surface area contributed by atoms with Gasteiger partial charge in [-0.2, -0.15) is 0 Å². The highest BCUT2D eigenvalue weighted by atomic mass is 16.5. The van der Waals surface area contributed by atoms with Gasteiger partial charge in [0, 0.05) is 17.7 Å². The first-order valence-electron chi connectivity index (χ1n) is 11.1. The zero-order chi connectivity index (χ0) is 24.9. The third-order valence-electron chi connectivity index (χ3n) is 5.87. The first-order chi connectivity index (χ1) is 16.8. The van der Waals surface area contributed by atoms with Crippen molar-refractivity contribution in [1.29, 1.82) is 0 Å². The van der Waals surface area contributed by atoms with Crippen LogP contribution in [0.2, 0.25) is 0 Å². The topological polar surface area (TPSA) is 138 Å². The van der Waals surface area contributed by atoms with Crippen molar-refractivity contribution in [3.05, 3.63) is 89.2 Å². The lowest BCUT2D eigenvalue weighted by Gasteiger charge is -2.17. The summed E-state index contributed by atoms with van der Waals surface area (Å²) in [6.45, 7) is 1.46. The maximum Gasteiger partial charge on any atom is 0.407 e. The predicted molar refractivity (Wildman–Crippen MR) is 127 cm³/mol. The standard InChI is InChI=1S/C26H25N3O6/c1-15(30)23(25(32)33)29-24(31)16-10-11-27-17(12-16)13-28-26(34)35-14-22-20-8-4-2-6-18(20)19-7-3-5-9-21(19)22/h2-12,15,22-23,30H,13-14H2,1H3,(H,28,34)(H,29,31)(H,32,33)/t15-,23+/m1/s1. The van der Waals surface area contributed by atoms with Crippen molar-refractivity contribution in [1.82, 2.24) is 15.6 Å². The summed E-state index contributed by atoms with van der Waals surface area (Å²) in [4.78, 5) is 40.1. The summed E-state index contributed by atoms with van der Waals surface area (Å²) < 4.78 is 5.49. The number of carbonyl (C=O) groups excluding carboxylic acids is 2. The van der Waals surface area contributed by atoms with E-state index in [9.17, 15) is 19.5 Å². The van der Waals surface area contributed by atoms with Gasteiger partial charge in [-0.25, -0.2) is 9.59 Å². The summed E-state index contributed by atoms with van der Waals surface area (Å²) >= 11 is 0. The van der Waals surface area contributed by atoms with E-state index in [1.807, 2.05) is 36.4 Å². The normalized spacial score (nSPS) is 13.8. The third kappa shape index (κ3) is 5.30. The van der Waals surface area contributed by atoms with Crippen LogP contribution in [0.5, 0.6) is 0 Å². The Balaban J connectivity index is 1.34. The fraction of sp³-hybridized carbons (Fsp3) is 0.231. The summed E-state index contributed by atoms with van der Waals surface area (Å²) in [7, 11) is 0. The molecule has 4 rings (SSSR count). The molecule has 1 aliphatic carbocycles. The Bertz CT molecular complexity index is 1210. The van der Waals surface area contributed by atoms with Crippen LogP contribution in [0.15, 0.2) is 66.9 Å². The van der Waals surface area contributed by atoms with Crippen LogP contribution in [0.1, 0.15) is 40.0 Å². The van der Waals surface area contributed by atoms with E-state index < -0.39 is 30.1 Å². The molecule has 0 saturated carbocycles. The van der Waals surface area contributed by atoms with Gasteiger partial charge in [0.25, 0.3) is 5.91 Å². The molecule has 0 spiro atoms. The van der Waals surface area contributed by atoms with Gasteiger partial charge in [0.1, 0.15) is 6.61 Å². The van der Waals surface area contributed by atoms with Gasteiger partial charge in [0.15, 0.2) is 6.04 Å². The Labute approximate surface area is 201 Å². The number of pyridine rings is 1. The molecular weight excluding hydrogens is 450 g/mol. The second-order valence-electron chi connectivity index (χ2n) is 8.24. The van der Waals surface area contributed by atoms with Gasteiger partial charge in [-0.1, -0.05) is 48.5 Å². The second-order valence-corrected chi connectivity index (χ2v) is 8.24. The number of aliphatic hydroxyl groups excluding tert-OH is 1. The number of carboxylic acid groups (broad SMARTS) is 1. The van der Waals surface area contributed by atoms with Crippen LogP contribution in [0.25, 0.3) is 11.1 Å². The minimum absolute atomic E-state index is 0.0105. The molecule has 0 radical (unpaired) electrons. The van der Waals surface area contributed by atoms with Crippen LogP contribution < -0.4 is 10.6 Å². The lowest BCUT2D eigenvalue weighted by molar-refractivity contribution is -0.141. The lowest BCUT2D eigenvalue weighted by atomic mass is 9.98. The number of nitrogens with one attached hydrogen (secondary N) is 2. The van der Waals surface area contributed by atoms with Crippen LogP contribution in [-0.2, 0) is 16.1 Å². The zero-order valence-electron chi connectivity index (χ0n) is 19.0. The van der Waals surface area contributed by atoms with E-state index in [4.69, 9.17) is 9.84 Å². The predicted octanol–water partition coefficient (Wildman–Crippen LogP) is 2.68. The van der Waals surface area contributed by atoms with E-state index >= 15 is 0 Å². The van der Waals surface area contributed by atoms with Gasteiger partial charge < -0.3 is 25.6 Å². The molecule has 1 heterocycles. The number of amides is 2. The molecule has 0 fully saturated rings. The molecule has 1 aromatic heterocycles. The number of aromatic nitrogens is 1. The number of hydrogen-bond donors (Lipinski definition) is 4. The fourth-order valence-corrected chi connectivity index (χ4v) is 4.14. The summed E-state index contributed by atoms with van der Waals surface area (Å²) in [6, 6.07) is 17.5. The van der Waals surface area contributed by atoms with Gasteiger partial charge in [-0.05, 0) is 41.3 Å². The molecule has 0 bridgehead atoms. The SMILES string of the molecule is C[C@@H](O)[C@H](NC(=O)c1ccnc(CNC(=O)OCC2c3ccccc3-c3ccccc32)c1)C(=O)O. The van der Waals surface area contributed by atoms with Crippen molar-refractivity contribution in [2.45, 2.75) is 31.5 Å². The van der Waals surface area contributed by atoms with Crippen LogP contribution in [-0.4, -0.2) is 51.9 Å². The Morgan fingerprint density at radius 1 is 1.03 bits per heavy atom. The molecule has 3 aromatic rings. The van der Waals surface area contributed by atoms with Crippen LogP contribution in [0.3, 0.4) is 0 Å². The number of ether oxygens (including phenoxy) is 1. The van der Waals surface area contributed by atoms with Gasteiger partial charge in [-0.3, -0.25) is 9.78 Å². The molecule has 0 saturated heterocycles. The Hall–Kier alpha value is -4.24. The average molecular weight is 476 g/mol. The number of hydrogen-bond acceptors (Lipinski definition) is 6. The Morgan fingerprint density at radius 2 is 1.66 bits per heavy atom. The number of fused-ring (bicyclic) bond motifs is 3. The number of aliphatic carboxylic acids is 1. The lowest BCUT2D eigenvalue weighted by Crippen LogP contribution is -2.47. The van der Waals surface area contributed by atoms with Crippen molar-refractivity contribution in [2.24, 2.45) is 0 Å². The van der Waals surface area contributed by atoms with E-state index in [-0.39, 0.29) is 24.6 Å². The van der Waals surface area contributed by atoms with Crippen molar-refractivity contribution < 1.29 is 29.3 Å². The maximum absolute atomic E-state index is 12.4. The number of alkyl carbamates (subject to hydrolysis) is 1. The molecule has 4 N–H and O–H groups in total. The van der Waals surface area contributed by atoms with Gasteiger partial charge in [0.05, 0.1) is 18.3 Å². The van der Waals surface area contributed by atoms with Crippen molar-refractivity contribution >= 4 is 18.0 Å². The summed E-state index contributed by atoms with van der Waals surface area (Å²) in [5.74, 6) is -2.09. The minimum atomic E-state index is -1.45. The molecule has 1 aliphatic rings. The third-order valence-corrected chi connectivity index (χ3v) is 5.87. The average Bonchev–Trinajstić information content (AvgIpc) is 3.18. The molecule has 9 heteroatoms. The number of benzene rings is 2. The molecule has 2 amide bonds. The molecule has 0 unspecified atom stereocenters. The largest absolute Gasteiger partial charge is 0.480 e. The van der Waals surface area contributed by atoms with Crippen molar-refractivity contribution in [3.8, 4) is 11.1 Å². The highest BCUT2D eigenvalue weighted by Gasteiger charge is 2.29. The van der Waals surface area contributed by atoms with Gasteiger partial charge in [0.2, 0.25) is 0 Å². The number of aliphatic hydroxyl groups is 1. The minimum Gasteiger partial charge on any atom is -0.480 e. The van der Waals surface area contributed by atoms with Crippen molar-refractivity contribution in [2.75, 3.05) is 6.61 Å². The highest BCUT2D eigenvalue weighted by molar-refractivity contribution is 5.96. The molecule has 9 nitrogen and oxygen atoms in total. The summed E-state index contributed by atoms with van der Waals surface area (Å²) in [5, 5.41) is 23.6. The molecular formula is C26H25N3O6. The number of rotatable bonds is 8. The molecule has 0 aliphatic heterocycles. The van der Waals surface area contributed by atoms with Crippen LogP contribution >= 0.6 is 0 Å². The van der Waals surface area contributed by atoms with Gasteiger partial charge in [-0.15, -0.1) is 0 Å². The first kappa shape index (κ1) is 23.9. The highest BCUT2D eigenvalue weighted by Crippen LogP contribution is 2.44. The molecule has 2 aromatic carbocycles. The maximum atomic E-state index is 12.4. The fourth-order valence-electron chi connectivity index (χ4n) is 4.14. The molecule has 180 valence electrons. The van der Waals surface area contributed by atoms with E-state index in [0.29, 0.717) is 5.69 Å². The van der Waals surface area contributed by atoms with E-state index in [1.54, 1.807) is 0 Å². The summed E-state index contributed by atoms with van der Waals surface area (Å²) in [5.41, 5.74) is 5.03. The quantitative estimate of drug-likeness (QED) is 0.393. The zero-order valence-corrected chi connectivity index (χ0v) is 19.0. The van der Waals surface area contributed by atoms with E-state index in [2.05, 4.69) is 27.8 Å². The Kier molecular flexibility index (Phi) is 7.07.